The summed E-state index contributed by atoms with van der Waals surface area (Å²) in [5.74, 6) is -0.177. The fourth-order valence-electron chi connectivity index (χ4n) is 2.39. The van der Waals surface area contributed by atoms with Crippen LogP contribution in [0.1, 0.15) is 16.7 Å². The van der Waals surface area contributed by atoms with E-state index in [1.54, 1.807) is 12.1 Å². The van der Waals surface area contributed by atoms with Gasteiger partial charge in [-0.05, 0) is 49.1 Å². The lowest BCUT2D eigenvalue weighted by Crippen LogP contribution is -1.90. The molecule has 0 saturated carbocycles. The van der Waals surface area contributed by atoms with Gasteiger partial charge >= 0.3 is 0 Å². The molecule has 96 valence electrons. The highest BCUT2D eigenvalue weighted by atomic mass is 19.1. The van der Waals surface area contributed by atoms with E-state index in [4.69, 9.17) is 0 Å². The van der Waals surface area contributed by atoms with E-state index < -0.39 is 0 Å². The van der Waals surface area contributed by atoms with E-state index in [9.17, 15) is 4.39 Å². The average molecular weight is 253 g/mol. The first-order chi connectivity index (χ1) is 9.22. The molecule has 0 amide bonds. The summed E-state index contributed by atoms with van der Waals surface area (Å²) >= 11 is 0. The highest BCUT2D eigenvalue weighted by molar-refractivity contribution is 5.83. The van der Waals surface area contributed by atoms with Crippen molar-refractivity contribution in [3.05, 3.63) is 71.2 Å². The highest BCUT2D eigenvalue weighted by Crippen LogP contribution is 2.21. The van der Waals surface area contributed by atoms with Crippen LogP contribution in [0.25, 0.3) is 10.9 Å². The SMILES string of the molecule is Cc1ccc(CCc2c[nH]c3ccc(F)cc23)cc1. The number of aromatic amines is 1. The van der Waals surface area contributed by atoms with Crippen LogP contribution >= 0.6 is 0 Å². The van der Waals surface area contributed by atoms with Crippen LogP contribution in [0.5, 0.6) is 0 Å². The Bertz CT molecular complexity index is 695. The molecule has 2 heteroatoms. The maximum absolute atomic E-state index is 13.3. The van der Waals surface area contributed by atoms with E-state index in [1.165, 1.54) is 22.8 Å². The van der Waals surface area contributed by atoms with Crippen LogP contribution in [0.2, 0.25) is 0 Å². The van der Waals surface area contributed by atoms with Crippen molar-refractivity contribution in [2.24, 2.45) is 0 Å². The predicted octanol–water partition coefficient (Wildman–Crippen LogP) is 4.40. The van der Waals surface area contributed by atoms with Gasteiger partial charge in [-0.25, -0.2) is 4.39 Å². The average Bonchev–Trinajstić information content (AvgIpc) is 2.80. The molecule has 0 atom stereocenters. The van der Waals surface area contributed by atoms with Gasteiger partial charge in [0.2, 0.25) is 0 Å². The zero-order valence-electron chi connectivity index (χ0n) is 10.9. The maximum Gasteiger partial charge on any atom is 0.123 e. The first-order valence-corrected chi connectivity index (χ1v) is 6.53. The Morgan fingerprint density at radius 3 is 2.58 bits per heavy atom. The minimum Gasteiger partial charge on any atom is -0.361 e. The minimum atomic E-state index is -0.177. The van der Waals surface area contributed by atoms with Crippen LogP contribution in [-0.4, -0.2) is 4.98 Å². The smallest absolute Gasteiger partial charge is 0.123 e. The first kappa shape index (κ1) is 12.0. The van der Waals surface area contributed by atoms with Crippen molar-refractivity contribution < 1.29 is 4.39 Å². The van der Waals surface area contributed by atoms with Crippen LogP contribution in [0.4, 0.5) is 4.39 Å². The molecule has 0 unspecified atom stereocenters. The number of halogens is 1. The zero-order chi connectivity index (χ0) is 13.2. The van der Waals surface area contributed by atoms with E-state index in [0.29, 0.717) is 0 Å². The van der Waals surface area contributed by atoms with Gasteiger partial charge in [-0.3, -0.25) is 0 Å². The van der Waals surface area contributed by atoms with Crippen molar-refractivity contribution in [1.29, 1.82) is 0 Å². The second-order valence-corrected chi connectivity index (χ2v) is 4.99. The van der Waals surface area contributed by atoms with Crippen molar-refractivity contribution >= 4 is 10.9 Å². The third-order valence-corrected chi connectivity index (χ3v) is 3.53. The molecule has 1 nitrogen and oxygen atoms in total. The van der Waals surface area contributed by atoms with Crippen LogP contribution < -0.4 is 0 Å². The third-order valence-electron chi connectivity index (χ3n) is 3.53. The standard InChI is InChI=1S/C17H16FN/c1-12-2-4-13(5-3-12)6-7-14-11-19-17-9-8-15(18)10-16(14)17/h2-5,8-11,19H,6-7H2,1H3. The van der Waals surface area contributed by atoms with Gasteiger partial charge in [0.25, 0.3) is 0 Å². The lowest BCUT2D eigenvalue weighted by atomic mass is 10.0. The molecule has 1 N–H and O–H groups in total. The summed E-state index contributed by atoms with van der Waals surface area (Å²) < 4.78 is 13.3. The Morgan fingerprint density at radius 2 is 1.79 bits per heavy atom. The first-order valence-electron chi connectivity index (χ1n) is 6.53. The van der Waals surface area contributed by atoms with Crippen LogP contribution in [0.3, 0.4) is 0 Å². The van der Waals surface area contributed by atoms with E-state index in [0.717, 1.165) is 23.7 Å². The van der Waals surface area contributed by atoms with Gasteiger partial charge in [-0.1, -0.05) is 29.8 Å². The molecule has 0 aliphatic carbocycles. The highest BCUT2D eigenvalue weighted by Gasteiger charge is 2.05. The third kappa shape index (κ3) is 2.53. The number of hydrogen-bond acceptors (Lipinski definition) is 0. The summed E-state index contributed by atoms with van der Waals surface area (Å²) in [6.45, 7) is 2.09. The summed E-state index contributed by atoms with van der Waals surface area (Å²) in [4.78, 5) is 3.19. The van der Waals surface area contributed by atoms with Gasteiger partial charge < -0.3 is 4.98 Å². The van der Waals surface area contributed by atoms with Gasteiger partial charge in [-0.2, -0.15) is 0 Å². The van der Waals surface area contributed by atoms with Crippen molar-refractivity contribution in [1.82, 2.24) is 4.98 Å². The second-order valence-electron chi connectivity index (χ2n) is 4.99. The fourth-order valence-corrected chi connectivity index (χ4v) is 2.39. The van der Waals surface area contributed by atoms with Crippen molar-refractivity contribution in [2.75, 3.05) is 0 Å². The maximum atomic E-state index is 13.3. The second kappa shape index (κ2) is 4.88. The number of H-pyrrole nitrogens is 1. The molecule has 0 bridgehead atoms. The Morgan fingerprint density at radius 1 is 1.00 bits per heavy atom. The largest absolute Gasteiger partial charge is 0.361 e. The van der Waals surface area contributed by atoms with E-state index in [2.05, 4.69) is 36.2 Å². The Balaban J connectivity index is 1.81. The van der Waals surface area contributed by atoms with Gasteiger partial charge in [0, 0.05) is 17.1 Å². The normalized spacial score (nSPS) is 11.1. The summed E-state index contributed by atoms with van der Waals surface area (Å²) in [5.41, 5.74) is 4.77. The number of rotatable bonds is 3. The lowest BCUT2D eigenvalue weighted by molar-refractivity contribution is 0.629. The Hall–Kier alpha value is -2.09. The van der Waals surface area contributed by atoms with Crippen molar-refractivity contribution in [2.45, 2.75) is 19.8 Å². The molecule has 2 aromatic carbocycles. The summed E-state index contributed by atoms with van der Waals surface area (Å²) in [5, 5.41) is 0.993. The molecule has 1 aromatic heterocycles. The number of nitrogens with one attached hydrogen (secondary N) is 1. The number of aryl methyl sites for hydroxylation is 3. The molecule has 0 radical (unpaired) electrons. The number of aromatic nitrogens is 1. The van der Waals surface area contributed by atoms with Crippen LogP contribution in [0, 0.1) is 12.7 Å². The lowest BCUT2D eigenvalue weighted by Gasteiger charge is -2.02. The predicted molar refractivity (Wildman–Crippen MR) is 76.8 cm³/mol. The quantitative estimate of drug-likeness (QED) is 0.712. The van der Waals surface area contributed by atoms with E-state index >= 15 is 0 Å². The molecular formula is C17H16FN. The molecule has 0 spiro atoms. The van der Waals surface area contributed by atoms with E-state index in [-0.39, 0.29) is 5.82 Å². The molecule has 0 fully saturated rings. The topological polar surface area (TPSA) is 15.8 Å². The molecule has 0 aliphatic rings. The molecule has 3 rings (SSSR count). The van der Waals surface area contributed by atoms with Crippen LogP contribution in [0.15, 0.2) is 48.7 Å². The molecule has 3 aromatic rings. The Kier molecular flexibility index (Phi) is 3.08. The molecule has 19 heavy (non-hydrogen) atoms. The van der Waals surface area contributed by atoms with Crippen molar-refractivity contribution in [3.63, 3.8) is 0 Å². The van der Waals surface area contributed by atoms with Gasteiger partial charge in [0.05, 0.1) is 0 Å². The Labute approximate surface area is 112 Å². The molecule has 1 heterocycles. The molecule has 0 saturated heterocycles. The fraction of sp³-hybridized carbons (Fsp3) is 0.176. The number of hydrogen-bond donors (Lipinski definition) is 1. The van der Waals surface area contributed by atoms with Gasteiger partial charge in [0.1, 0.15) is 5.82 Å². The van der Waals surface area contributed by atoms with E-state index in [1.807, 2.05) is 6.20 Å². The van der Waals surface area contributed by atoms with Crippen LogP contribution in [-0.2, 0) is 12.8 Å². The summed E-state index contributed by atoms with van der Waals surface area (Å²) in [6.07, 6.45) is 3.88. The van der Waals surface area contributed by atoms with Crippen molar-refractivity contribution in [3.8, 4) is 0 Å². The minimum absolute atomic E-state index is 0.177. The van der Waals surface area contributed by atoms with Gasteiger partial charge in [-0.15, -0.1) is 0 Å². The zero-order valence-corrected chi connectivity index (χ0v) is 10.9. The summed E-state index contributed by atoms with van der Waals surface area (Å²) in [7, 11) is 0. The number of fused-ring (bicyclic) bond motifs is 1. The molecular weight excluding hydrogens is 237 g/mol. The molecule has 0 aliphatic heterocycles. The summed E-state index contributed by atoms with van der Waals surface area (Å²) in [6, 6.07) is 13.5. The number of benzene rings is 2. The monoisotopic (exact) mass is 253 g/mol. The van der Waals surface area contributed by atoms with Gasteiger partial charge in [0.15, 0.2) is 0 Å².